The van der Waals surface area contributed by atoms with E-state index in [9.17, 15) is 0 Å². The van der Waals surface area contributed by atoms with Crippen LogP contribution in [-0.4, -0.2) is 68.8 Å². The Morgan fingerprint density at radius 2 is 2.18 bits per heavy atom. The average molecular weight is 391 g/mol. The van der Waals surface area contributed by atoms with Crippen molar-refractivity contribution in [2.45, 2.75) is 50.6 Å². The van der Waals surface area contributed by atoms with E-state index in [-0.39, 0.29) is 6.29 Å². The SMILES string of the molecule is CNC1CCNC(Nc2cnc(OC)c(OC[C@@H]3CCN(C4CCC4)C3)c2)N1. The quantitative estimate of drug-likeness (QED) is 0.527. The minimum atomic E-state index is -0.0138. The van der Waals surface area contributed by atoms with Gasteiger partial charge >= 0.3 is 0 Å². The van der Waals surface area contributed by atoms with Gasteiger partial charge in [-0.25, -0.2) is 4.98 Å². The molecule has 2 unspecified atom stereocenters. The summed E-state index contributed by atoms with van der Waals surface area (Å²) in [5, 5.41) is 13.6. The van der Waals surface area contributed by atoms with Crippen molar-refractivity contribution < 1.29 is 9.47 Å². The van der Waals surface area contributed by atoms with Crippen LogP contribution in [0.4, 0.5) is 5.69 Å². The van der Waals surface area contributed by atoms with Crippen LogP contribution in [0, 0.1) is 5.92 Å². The van der Waals surface area contributed by atoms with Gasteiger partial charge in [0.05, 0.1) is 31.8 Å². The molecule has 3 aliphatic rings. The summed E-state index contributed by atoms with van der Waals surface area (Å²) in [6.07, 6.45) is 8.46. The van der Waals surface area contributed by atoms with Gasteiger partial charge in [-0.3, -0.25) is 15.5 Å². The van der Waals surface area contributed by atoms with E-state index >= 15 is 0 Å². The van der Waals surface area contributed by atoms with E-state index in [2.05, 4.69) is 31.2 Å². The van der Waals surface area contributed by atoms with E-state index < -0.39 is 0 Å². The second-order valence-corrected chi connectivity index (χ2v) is 8.10. The van der Waals surface area contributed by atoms with E-state index in [1.54, 1.807) is 13.3 Å². The molecule has 4 N–H and O–H groups in total. The molecule has 3 fully saturated rings. The van der Waals surface area contributed by atoms with Crippen LogP contribution in [-0.2, 0) is 0 Å². The fraction of sp³-hybridized carbons (Fsp3) is 0.750. The molecule has 1 aromatic heterocycles. The van der Waals surface area contributed by atoms with Crippen molar-refractivity contribution >= 4 is 5.69 Å². The Labute approximate surface area is 167 Å². The largest absolute Gasteiger partial charge is 0.488 e. The van der Waals surface area contributed by atoms with E-state index in [0.29, 0.717) is 30.3 Å². The third-order valence-corrected chi connectivity index (χ3v) is 6.20. The molecule has 0 spiro atoms. The van der Waals surface area contributed by atoms with Crippen LogP contribution >= 0.6 is 0 Å². The molecule has 0 radical (unpaired) electrons. The highest BCUT2D eigenvalue weighted by molar-refractivity contribution is 5.50. The summed E-state index contributed by atoms with van der Waals surface area (Å²) in [5.74, 6) is 1.83. The number of anilines is 1. The first-order chi connectivity index (χ1) is 13.7. The van der Waals surface area contributed by atoms with Crippen molar-refractivity contribution in [2.24, 2.45) is 5.92 Å². The smallest absolute Gasteiger partial charge is 0.256 e. The molecule has 0 aromatic carbocycles. The van der Waals surface area contributed by atoms with Crippen molar-refractivity contribution in [3.05, 3.63) is 12.3 Å². The second kappa shape index (κ2) is 9.26. The minimum Gasteiger partial charge on any atom is -0.488 e. The van der Waals surface area contributed by atoms with Crippen molar-refractivity contribution in [3.8, 4) is 11.6 Å². The van der Waals surface area contributed by atoms with Crippen LogP contribution in [0.1, 0.15) is 32.1 Å². The molecule has 3 heterocycles. The summed E-state index contributed by atoms with van der Waals surface area (Å²) in [7, 11) is 3.61. The maximum absolute atomic E-state index is 6.16. The van der Waals surface area contributed by atoms with E-state index in [1.807, 2.05) is 13.1 Å². The zero-order valence-corrected chi connectivity index (χ0v) is 17.0. The zero-order chi connectivity index (χ0) is 19.3. The van der Waals surface area contributed by atoms with Gasteiger partial charge in [0.1, 0.15) is 6.29 Å². The highest BCUT2D eigenvalue weighted by Crippen LogP contribution is 2.32. The van der Waals surface area contributed by atoms with E-state index in [1.165, 1.54) is 32.2 Å². The fourth-order valence-electron chi connectivity index (χ4n) is 4.26. The summed E-state index contributed by atoms with van der Waals surface area (Å²) < 4.78 is 11.6. The topological polar surface area (TPSA) is 82.7 Å². The van der Waals surface area contributed by atoms with Gasteiger partial charge < -0.3 is 20.1 Å². The third kappa shape index (κ3) is 4.68. The van der Waals surface area contributed by atoms with Gasteiger partial charge in [0.15, 0.2) is 5.75 Å². The Hall–Kier alpha value is -1.61. The van der Waals surface area contributed by atoms with Gasteiger partial charge in [-0.1, -0.05) is 6.42 Å². The lowest BCUT2D eigenvalue weighted by Gasteiger charge is -2.34. The standard InChI is InChI=1S/C20H34N6O2/c1-21-18-6-8-22-20(25-18)24-15-10-17(19(27-2)23-11-15)28-13-14-7-9-26(12-14)16-4-3-5-16/h10-11,14,16,18,20-22,24-25H,3-9,12-13H2,1-2H3/t14-,18?,20?/m1/s1. The summed E-state index contributed by atoms with van der Waals surface area (Å²) in [5.41, 5.74) is 0.903. The predicted octanol–water partition coefficient (Wildman–Crippen LogP) is 1.17. The lowest BCUT2D eigenvalue weighted by molar-refractivity contribution is 0.145. The van der Waals surface area contributed by atoms with Gasteiger partial charge in [0, 0.05) is 31.1 Å². The molecular weight excluding hydrogens is 356 g/mol. The highest BCUT2D eigenvalue weighted by atomic mass is 16.5. The van der Waals surface area contributed by atoms with E-state index in [4.69, 9.17) is 9.47 Å². The monoisotopic (exact) mass is 390 g/mol. The molecule has 1 saturated carbocycles. The Morgan fingerprint density at radius 1 is 1.29 bits per heavy atom. The molecule has 8 nitrogen and oxygen atoms in total. The molecule has 8 heteroatoms. The van der Waals surface area contributed by atoms with Crippen LogP contribution in [0.2, 0.25) is 0 Å². The summed E-state index contributed by atoms with van der Waals surface area (Å²) in [6, 6.07) is 2.81. The lowest BCUT2D eigenvalue weighted by atomic mass is 9.92. The van der Waals surface area contributed by atoms with Crippen LogP contribution in [0.3, 0.4) is 0 Å². The van der Waals surface area contributed by atoms with Crippen molar-refractivity contribution in [1.29, 1.82) is 0 Å². The van der Waals surface area contributed by atoms with Crippen LogP contribution < -0.4 is 30.7 Å². The minimum absolute atomic E-state index is 0.0138. The molecule has 1 aliphatic carbocycles. The Balaban J connectivity index is 1.33. The van der Waals surface area contributed by atoms with E-state index in [0.717, 1.165) is 31.2 Å². The van der Waals surface area contributed by atoms with Crippen LogP contribution in [0.25, 0.3) is 0 Å². The second-order valence-electron chi connectivity index (χ2n) is 8.10. The summed E-state index contributed by atoms with van der Waals surface area (Å²) in [6.45, 7) is 4.02. The third-order valence-electron chi connectivity index (χ3n) is 6.20. The number of aromatic nitrogens is 1. The molecule has 3 atom stereocenters. The molecule has 0 amide bonds. The van der Waals surface area contributed by atoms with Gasteiger partial charge in [-0.05, 0) is 39.3 Å². The van der Waals surface area contributed by atoms with Crippen molar-refractivity contribution in [2.75, 3.05) is 45.7 Å². The molecule has 156 valence electrons. The van der Waals surface area contributed by atoms with Gasteiger partial charge in [-0.2, -0.15) is 0 Å². The molecular formula is C20H34N6O2. The van der Waals surface area contributed by atoms with Crippen LogP contribution in [0.5, 0.6) is 11.6 Å². The average Bonchev–Trinajstić information content (AvgIpc) is 3.13. The van der Waals surface area contributed by atoms with Crippen molar-refractivity contribution in [1.82, 2.24) is 25.8 Å². The molecule has 2 saturated heterocycles. The van der Waals surface area contributed by atoms with Crippen molar-refractivity contribution in [3.63, 3.8) is 0 Å². The predicted molar refractivity (Wildman–Crippen MR) is 110 cm³/mol. The molecule has 1 aromatic rings. The first-order valence-corrected chi connectivity index (χ1v) is 10.6. The maximum atomic E-state index is 6.16. The number of pyridine rings is 1. The number of hydrogen-bond donors (Lipinski definition) is 4. The van der Waals surface area contributed by atoms with Gasteiger partial charge in [0.2, 0.25) is 0 Å². The zero-order valence-electron chi connectivity index (χ0n) is 17.0. The molecule has 2 aliphatic heterocycles. The summed E-state index contributed by atoms with van der Waals surface area (Å²) in [4.78, 5) is 7.06. The number of nitrogens with one attached hydrogen (secondary N) is 4. The molecule has 28 heavy (non-hydrogen) atoms. The van der Waals surface area contributed by atoms with Gasteiger partial charge in [-0.15, -0.1) is 0 Å². The number of hydrogen-bond acceptors (Lipinski definition) is 8. The number of ether oxygens (including phenoxy) is 2. The first kappa shape index (κ1) is 19.7. The first-order valence-electron chi connectivity index (χ1n) is 10.6. The van der Waals surface area contributed by atoms with Gasteiger partial charge in [0.25, 0.3) is 5.88 Å². The number of rotatable bonds is 8. The normalized spacial score (nSPS) is 28.7. The number of nitrogens with zero attached hydrogens (tertiary/aromatic N) is 2. The summed E-state index contributed by atoms with van der Waals surface area (Å²) >= 11 is 0. The molecule has 4 rings (SSSR count). The van der Waals surface area contributed by atoms with Crippen LogP contribution in [0.15, 0.2) is 12.3 Å². The molecule has 0 bridgehead atoms. The Kier molecular flexibility index (Phi) is 6.51. The number of likely N-dealkylation sites (tertiary alicyclic amines) is 1. The fourth-order valence-corrected chi connectivity index (χ4v) is 4.26. The number of methoxy groups -OCH3 is 1. The maximum Gasteiger partial charge on any atom is 0.256 e. The Bertz CT molecular complexity index is 641. The lowest BCUT2D eigenvalue weighted by Crippen LogP contribution is -2.61. The Morgan fingerprint density at radius 3 is 2.93 bits per heavy atom. The highest BCUT2D eigenvalue weighted by Gasteiger charge is 2.31.